The molecule has 1 aromatic carbocycles. The standard InChI is InChI=1S/C16H15N3O2S/c1-22(2,21)19-16(20)14-8-13(10-18-11-14)7-6-12-4-3-5-15(17)9-12/h3-5,8-11H,17H2,1-2H3. The highest BCUT2D eigenvalue weighted by Gasteiger charge is 2.06. The molecule has 0 saturated carbocycles. The Morgan fingerprint density at radius 1 is 1.18 bits per heavy atom. The Kier molecular flexibility index (Phi) is 4.59. The topological polar surface area (TPSA) is 85.4 Å². The van der Waals surface area contributed by atoms with E-state index in [0.29, 0.717) is 11.3 Å². The quantitative estimate of drug-likeness (QED) is 0.644. The van der Waals surface area contributed by atoms with Gasteiger partial charge in [0, 0.05) is 51.4 Å². The SMILES string of the molecule is CS(C)(=O)=NC(=O)c1cncc(C#Cc2cccc(N)c2)c1. The number of nitrogens with zero attached hydrogens (tertiary/aromatic N) is 2. The number of pyridine rings is 1. The maximum absolute atomic E-state index is 11.9. The molecule has 2 rings (SSSR count). The van der Waals surface area contributed by atoms with E-state index in [0.717, 1.165) is 5.56 Å². The Labute approximate surface area is 129 Å². The summed E-state index contributed by atoms with van der Waals surface area (Å²) >= 11 is 0. The van der Waals surface area contributed by atoms with Gasteiger partial charge in [-0.1, -0.05) is 17.9 Å². The average molecular weight is 313 g/mol. The van der Waals surface area contributed by atoms with Crippen LogP contribution in [0.2, 0.25) is 0 Å². The number of carbonyl (C=O) groups excluding carboxylic acids is 1. The number of hydrogen-bond donors (Lipinski definition) is 1. The molecular formula is C16H15N3O2S. The second-order valence-corrected chi connectivity index (χ2v) is 7.46. The third kappa shape index (κ3) is 4.72. The third-order valence-corrected chi connectivity index (χ3v) is 3.13. The number of carbonyl (C=O) groups is 1. The van der Waals surface area contributed by atoms with E-state index in [2.05, 4.69) is 21.2 Å². The first kappa shape index (κ1) is 15.7. The number of nitrogen functional groups attached to an aromatic ring is 1. The fraction of sp³-hybridized carbons (Fsp3) is 0.125. The van der Waals surface area contributed by atoms with E-state index < -0.39 is 15.6 Å². The summed E-state index contributed by atoms with van der Waals surface area (Å²) in [5, 5.41) is 0. The summed E-state index contributed by atoms with van der Waals surface area (Å²) in [6.45, 7) is 0. The highest BCUT2D eigenvalue weighted by Crippen LogP contribution is 2.07. The smallest absolute Gasteiger partial charge is 0.286 e. The molecule has 1 amide bonds. The van der Waals surface area contributed by atoms with Crippen molar-refractivity contribution in [2.45, 2.75) is 0 Å². The van der Waals surface area contributed by atoms with Crippen molar-refractivity contribution < 1.29 is 9.00 Å². The lowest BCUT2D eigenvalue weighted by atomic mass is 10.1. The Balaban J connectivity index is 2.31. The maximum atomic E-state index is 11.9. The van der Waals surface area contributed by atoms with Gasteiger partial charge >= 0.3 is 0 Å². The zero-order chi connectivity index (χ0) is 16.2. The van der Waals surface area contributed by atoms with Crippen molar-refractivity contribution in [3.8, 4) is 11.8 Å². The first-order valence-electron chi connectivity index (χ1n) is 6.37. The van der Waals surface area contributed by atoms with E-state index in [4.69, 9.17) is 5.73 Å². The molecule has 1 aromatic heterocycles. The Hall–Kier alpha value is -2.65. The van der Waals surface area contributed by atoms with Gasteiger partial charge in [-0.05, 0) is 24.3 Å². The van der Waals surface area contributed by atoms with Crippen LogP contribution in [-0.4, -0.2) is 27.6 Å². The lowest BCUT2D eigenvalue weighted by molar-refractivity contribution is 0.100. The molecule has 0 aliphatic heterocycles. The zero-order valence-corrected chi connectivity index (χ0v) is 13.1. The van der Waals surface area contributed by atoms with Crippen LogP contribution in [0, 0.1) is 11.8 Å². The van der Waals surface area contributed by atoms with Crippen molar-refractivity contribution in [2.75, 3.05) is 18.2 Å². The summed E-state index contributed by atoms with van der Waals surface area (Å²) < 4.78 is 15.2. The highest BCUT2D eigenvalue weighted by atomic mass is 32.2. The third-order valence-electron chi connectivity index (χ3n) is 2.53. The molecule has 2 N–H and O–H groups in total. The summed E-state index contributed by atoms with van der Waals surface area (Å²) in [6.07, 6.45) is 5.73. The van der Waals surface area contributed by atoms with Gasteiger partial charge in [0.25, 0.3) is 5.91 Å². The molecule has 22 heavy (non-hydrogen) atoms. The van der Waals surface area contributed by atoms with Gasteiger partial charge in [0.05, 0.1) is 5.56 Å². The minimum atomic E-state index is -2.50. The van der Waals surface area contributed by atoms with Gasteiger partial charge < -0.3 is 5.73 Å². The minimum Gasteiger partial charge on any atom is -0.399 e. The molecule has 5 nitrogen and oxygen atoms in total. The molecule has 0 fully saturated rings. The molecule has 2 aromatic rings. The van der Waals surface area contributed by atoms with Crippen LogP contribution in [-0.2, 0) is 9.73 Å². The van der Waals surface area contributed by atoms with Crippen molar-refractivity contribution in [3.05, 3.63) is 59.4 Å². The van der Waals surface area contributed by atoms with E-state index in [1.165, 1.54) is 18.7 Å². The summed E-state index contributed by atoms with van der Waals surface area (Å²) in [5.41, 5.74) is 7.92. The molecule has 0 aliphatic rings. The molecule has 0 unspecified atom stereocenters. The molecule has 0 saturated heterocycles. The van der Waals surface area contributed by atoms with Gasteiger partial charge in [0.2, 0.25) is 0 Å². The van der Waals surface area contributed by atoms with Crippen molar-refractivity contribution in [2.24, 2.45) is 4.36 Å². The van der Waals surface area contributed by atoms with Gasteiger partial charge in [-0.15, -0.1) is 0 Å². The van der Waals surface area contributed by atoms with Crippen LogP contribution in [0.25, 0.3) is 0 Å². The summed E-state index contributed by atoms with van der Waals surface area (Å²) in [7, 11) is -2.50. The van der Waals surface area contributed by atoms with Crippen LogP contribution in [0.1, 0.15) is 21.5 Å². The molecular weight excluding hydrogens is 298 g/mol. The number of hydrogen-bond acceptors (Lipinski definition) is 4. The number of anilines is 1. The van der Waals surface area contributed by atoms with Crippen LogP contribution in [0.4, 0.5) is 5.69 Å². The lowest BCUT2D eigenvalue weighted by Crippen LogP contribution is -2.02. The molecule has 0 radical (unpaired) electrons. The van der Waals surface area contributed by atoms with Crippen LogP contribution < -0.4 is 5.73 Å². The van der Waals surface area contributed by atoms with E-state index in [1.54, 1.807) is 24.4 Å². The van der Waals surface area contributed by atoms with Gasteiger partial charge in [-0.2, -0.15) is 4.36 Å². The fourth-order valence-corrected chi connectivity index (χ4v) is 2.14. The molecule has 1 heterocycles. The Morgan fingerprint density at radius 2 is 1.91 bits per heavy atom. The van der Waals surface area contributed by atoms with Gasteiger partial charge in [0.15, 0.2) is 0 Å². The summed E-state index contributed by atoms with van der Waals surface area (Å²) in [6, 6.07) is 8.76. The lowest BCUT2D eigenvalue weighted by Gasteiger charge is -1.98. The van der Waals surface area contributed by atoms with Gasteiger partial charge in [-0.25, -0.2) is 4.21 Å². The van der Waals surface area contributed by atoms with Crippen molar-refractivity contribution in [1.82, 2.24) is 4.98 Å². The first-order chi connectivity index (χ1) is 10.3. The first-order valence-corrected chi connectivity index (χ1v) is 8.71. The maximum Gasteiger partial charge on any atom is 0.286 e. The van der Waals surface area contributed by atoms with E-state index in [1.807, 2.05) is 12.1 Å². The predicted octanol–water partition coefficient (Wildman–Crippen LogP) is 1.93. The van der Waals surface area contributed by atoms with Crippen LogP contribution in [0.5, 0.6) is 0 Å². The summed E-state index contributed by atoms with van der Waals surface area (Å²) in [4.78, 5) is 15.8. The number of aromatic nitrogens is 1. The van der Waals surface area contributed by atoms with Gasteiger partial charge in [0.1, 0.15) is 0 Å². The fourth-order valence-electron chi connectivity index (χ4n) is 1.64. The molecule has 0 aliphatic carbocycles. The molecule has 0 atom stereocenters. The molecule has 0 bridgehead atoms. The van der Waals surface area contributed by atoms with Crippen LogP contribution in [0.3, 0.4) is 0 Å². The Bertz CT molecular complexity index is 893. The number of amides is 1. The molecule has 0 spiro atoms. The number of nitrogens with two attached hydrogens (primary N) is 1. The monoisotopic (exact) mass is 313 g/mol. The minimum absolute atomic E-state index is 0.260. The Morgan fingerprint density at radius 3 is 2.59 bits per heavy atom. The zero-order valence-electron chi connectivity index (χ0n) is 12.2. The van der Waals surface area contributed by atoms with Gasteiger partial charge in [-0.3, -0.25) is 9.78 Å². The van der Waals surface area contributed by atoms with Crippen LogP contribution >= 0.6 is 0 Å². The number of rotatable bonds is 1. The van der Waals surface area contributed by atoms with Crippen LogP contribution in [0.15, 0.2) is 47.1 Å². The second-order valence-electron chi connectivity index (χ2n) is 4.92. The predicted molar refractivity (Wildman–Crippen MR) is 87.8 cm³/mol. The second kappa shape index (κ2) is 6.41. The van der Waals surface area contributed by atoms with E-state index in [-0.39, 0.29) is 5.56 Å². The number of benzene rings is 1. The normalized spacial score (nSPS) is 10.5. The molecule has 6 heteroatoms. The molecule has 112 valence electrons. The van der Waals surface area contributed by atoms with E-state index >= 15 is 0 Å². The van der Waals surface area contributed by atoms with Crippen molar-refractivity contribution in [3.63, 3.8) is 0 Å². The van der Waals surface area contributed by atoms with Crippen molar-refractivity contribution >= 4 is 21.3 Å². The van der Waals surface area contributed by atoms with E-state index in [9.17, 15) is 9.00 Å². The highest BCUT2D eigenvalue weighted by molar-refractivity contribution is 7.92. The summed E-state index contributed by atoms with van der Waals surface area (Å²) in [5.74, 6) is 5.30. The average Bonchev–Trinajstić information content (AvgIpc) is 2.44. The largest absolute Gasteiger partial charge is 0.399 e. The van der Waals surface area contributed by atoms with Crippen molar-refractivity contribution in [1.29, 1.82) is 0 Å².